The zero-order valence-electron chi connectivity index (χ0n) is 10.8. The molecule has 0 spiro atoms. The Kier molecular flexibility index (Phi) is 4.25. The molecule has 2 N–H and O–H groups in total. The predicted octanol–water partition coefficient (Wildman–Crippen LogP) is 3.73. The maximum atomic E-state index is 13.7. The molecule has 0 amide bonds. The number of benzene rings is 2. The fourth-order valence-electron chi connectivity index (χ4n) is 1.76. The highest BCUT2D eigenvalue weighted by molar-refractivity contribution is 6.30. The summed E-state index contributed by atoms with van der Waals surface area (Å²) in [5, 5.41) is -0.00122. The van der Waals surface area contributed by atoms with E-state index in [0.717, 1.165) is 0 Å². The van der Waals surface area contributed by atoms with Crippen LogP contribution < -0.4 is 5.73 Å². The summed E-state index contributed by atoms with van der Waals surface area (Å²) in [7, 11) is 0. The van der Waals surface area contributed by atoms with Crippen LogP contribution in [0.2, 0.25) is 5.02 Å². The molecule has 3 nitrogen and oxygen atoms in total. The minimum atomic E-state index is -0.578. The molecule has 0 radical (unpaired) electrons. The molecule has 2 rings (SSSR count). The van der Waals surface area contributed by atoms with Crippen LogP contribution >= 0.6 is 11.6 Å². The lowest BCUT2D eigenvalue weighted by molar-refractivity contribution is 0.0468. The minimum absolute atomic E-state index is 0.00122. The van der Waals surface area contributed by atoms with Gasteiger partial charge in [-0.3, -0.25) is 0 Å². The minimum Gasteiger partial charge on any atom is -0.457 e. The summed E-state index contributed by atoms with van der Waals surface area (Å²) in [6, 6.07) is 9.52. The Balaban J connectivity index is 2.13. The van der Waals surface area contributed by atoms with Crippen LogP contribution in [0.3, 0.4) is 0 Å². The molecule has 0 fully saturated rings. The predicted molar refractivity (Wildman–Crippen MR) is 76.1 cm³/mol. The molecule has 0 unspecified atom stereocenters. The van der Waals surface area contributed by atoms with Crippen molar-refractivity contribution in [1.82, 2.24) is 0 Å². The number of hydrogen-bond acceptors (Lipinski definition) is 3. The molecule has 0 aliphatic rings. The van der Waals surface area contributed by atoms with Gasteiger partial charge in [-0.25, -0.2) is 9.18 Å². The lowest BCUT2D eigenvalue weighted by Gasteiger charge is -2.09. The van der Waals surface area contributed by atoms with Crippen LogP contribution in [0.1, 0.15) is 21.5 Å². The Bertz CT molecular complexity index is 658. The van der Waals surface area contributed by atoms with Crippen molar-refractivity contribution < 1.29 is 13.9 Å². The number of nitrogen functional groups attached to an aromatic ring is 1. The third-order valence-corrected chi connectivity index (χ3v) is 3.28. The lowest BCUT2D eigenvalue weighted by Crippen LogP contribution is -2.09. The van der Waals surface area contributed by atoms with E-state index < -0.39 is 11.8 Å². The number of carbonyl (C=O) groups excluding carboxylic acids is 1. The van der Waals surface area contributed by atoms with E-state index in [2.05, 4.69) is 0 Å². The standard InChI is InChI=1S/C15H13ClFNO2/c1-9-11(5-3-7-13(9)18)15(19)20-8-10-4-2-6-12(16)14(10)17/h2-7H,8,18H2,1H3. The highest BCUT2D eigenvalue weighted by atomic mass is 35.5. The topological polar surface area (TPSA) is 52.3 Å². The number of hydrogen-bond donors (Lipinski definition) is 1. The molecule has 0 heterocycles. The van der Waals surface area contributed by atoms with Crippen molar-refractivity contribution in [3.8, 4) is 0 Å². The summed E-state index contributed by atoms with van der Waals surface area (Å²) in [5.41, 5.74) is 7.47. The van der Waals surface area contributed by atoms with Gasteiger partial charge in [0, 0.05) is 11.3 Å². The number of halogens is 2. The second kappa shape index (κ2) is 5.92. The summed E-state index contributed by atoms with van der Waals surface area (Å²) in [6.45, 7) is 1.55. The van der Waals surface area contributed by atoms with E-state index >= 15 is 0 Å². The summed E-state index contributed by atoms with van der Waals surface area (Å²) in [5.74, 6) is -1.12. The summed E-state index contributed by atoms with van der Waals surface area (Å²) in [6.07, 6.45) is 0. The highest BCUT2D eigenvalue weighted by Crippen LogP contribution is 2.20. The van der Waals surface area contributed by atoms with Gasteiger partial charge in [-0.1, -0.05) is 29.8 Å². The third-order valence-electron chi connectivity index (χ3n) is 2.99. The van der Waals surface area contributed by atoms with Gasteiger partial charge in [0.2, 0.25) is 0 Å². The molecular weight excluding hydrogens is 281 g/mol. The number of carbonyl (C=O) groups is 1. The first-order valence-corrected chi connectivity index (χ1v) is 6.33. The number of rotatable bonds is 3. The summed E-state index contributed by atoms with van der Waals surface area (Å²) >= 11 is 5.66. The first-order valence-electron chi connectivity index (χ1n) is 5.96. The molecule has 104 valence electrons. The van der Waals surface area contributed by atoms with Crippen molar-refractivity contribution >= 4 is 23.3 Å². The molecule has 0 atom stereocenters. The summed E-state index contributed by atoms with van der Waals surface area (Å²) < 4.78 is 18.7. The lowest BCUT2D eigenvalue weighted by atomic mass is 10.1. The van der Waals surface area contributed by atoms with E-state index in [1.807, 2.05) is 0 Å². The second-order valence-electron chi connectivity index (χ2n) is 4.31. The molecule has 0 saturated heterocycles. The second-order valence-corrected chi connectivity index (χ2v) is 4.72. The summed E-state index contributed by atoms with van der Waals surface area (Å²) in [4.78, 5) is 12.0. The Labute approximate surface area is 121 Å². The van der Waals surface area contributed by atoms with Gasteiger partial charge in [0.05, 0.1) is 10.6 Å². The maximum absolute atomic E-state index is 13.7. The van der Waals surface area contributed by atoms with Gasteiger partial charge in [0.15, 0.2) is 0 Å². The quantitative estimate of drug-likeness (QED) is 0.693. The average Bonchev–Trinajstić information content (AvgIpc) is 2.43. The van der Waals surface area contributed by atoms with Crippen LogP contribution in [0, 0.1) is 12.7 Å². The van der Waals surface area contributed by atoms with Gasteiger partial charge in [-0.2, -0.15) is 0 Å². The Hall–Kier alpha value is -2.07. The molecule has 20 heavy (non-hydrogen) atoms. The van der Waals surface area contributed by atoms with E-state index in [0.29, 0.717) is 16.8 Å². The molecule has 0 saturated carbocycles. The van der Waals surface area contributed by atoms with Gasteiger partial charge in [-0.05, 0) is 30.7 Å². The number of nitrogens with two attached hydrogens (primary N) is 1. The normalized spacial score (nSPS) is 10.3. The number of anilines is 1. The van der Waals surface area contributed by atoms with Crippen LogP contribution in [0.4, 0.5) is 10.1 Å². The molecule has 2 aromatic rings. The van der Waals surface area contributed by atoms with Crippen LogP contribution in [0.15, 0.2) is 36.4 Å². The zero-order valence-corrected chi connectivity index (χ0v) is 11.6. The fraction of sp³-hybridized carbons (Fsp3) is 0.133. The molecule has 0 bridgehead atoms. The number of ether oxygens (including phenoxy) is 1. The molecule has 0 aliphatic heterocycles. The first-order chi connectivity index (χ1) is 9.50. The van der Waals surface area contributed by atoms with Crippen molar-refractivity contribution in [2.45, 2.75) is 13.5 Å². The van der Waals surface area contributed by atoms with E-state index in [1.165, 1.54) is 12.1 Å². The van der Waals surface area contributed by atoms with Crippen molar-refractivity contribution in [1.29, 1.82) is 0 Å². The van der Waals surface area contributed by atoms with E-state index in [9.17, 15) is 9.18 Å². The average molecular weight is 294 g/mol. The number of esters is 1. The third kappa shape index (κ3) is 2.91. The van der Waals surface area contributed by atoms with Crippen molar-refractivity contribution in [2.24, 2.45) is 0 Å². The van der Waals surface area contributed by atoms with Gasteiger partial charge >= 0.3 is 5.97 Å². The largest absolute Gasteiger partial charge is 0.457 e. The van der Waals surface area contributed by atoms with Crippen LogP contribution in [-0.2, 0) is 11.3 Å². The highest BCUT2D eigenvalue weighted by Gasteiger charge is 2.14. The van der Waals surface area contributed by atoms with E-state index in [1.54, 1.807) is 31.2 Å². The van der Waals surface area contributed by atoms with Crippen LogP contribution in [0.5, 0.6) is 0 Å². The SMILES string of the molecule is Cc1c(N)cccc1C(=O)OCc1cccc(Cl)c1F. The van der Waals surface area contributed by atoms with E-state index in [4.69, 9.17) is 22.1 Å². The van der Waals surface area contributed by atoms with Crippen molar-refractivity contribution in [3.05, 3.63) is 63.9 Å². The molecule has 5 heteroatoms. The Morgan fingerprint density at radius 3 is 2.75 bits per heavy atom. The molecule has 0 aromatic heterocycles. The van der Waals surface area contributed by atoms with Gasteiger partial charge < -0.3 is 10.5 Å². The van der Waals surface area contributed by atoms with Gasteiger partial charge in [0.25, 0.3) is 0 Å². The molecule has 2 aromatic carbocycles. The molecule has 0 aliphatic carbocycles. The monoisotopic (exact) mass is 293 g/mol. The van der Waals surface area contributed by atoms with Crippen molar-refractivity contribution in [2.75, 3.05) is 5.73 Å². The van der Waals surface area contributed by atoms with Gasteiger partial charge in [-0.15, -0.1) is 0 Å². The van der Waals surface area contributed by atoms with Crippen LogP contribution in [0.25, 0.3) is 0 Å². The molecular formula is C15H13ClFNO2. The van der Waals surface area contributed by atoms with Crippen LogP contribution in [-0.4, -0.2) is 5.97 Å². The van der Waals surface area contributed by atoms with E-state index in [-0.39, 0.29) is 17.2 Å². The zero-order chi connectivity index (χ0) is 14.7. The fourth-order valence-corrected chi connectivity index (χ4v) is 1.95. The first kappa shape index (κ1) is 14.3. The smallest absolute Gasteiger partial charge is 0.338 e. The Morgan fingerprint density at radius 2 is 2.00 bits per heavy atom. The Morgan fingerprint density at radius 1 is 1.30 bits per heavy atom. The van der Waals surface area contributed by atoms with Crippen molar-refractivity contribution in [3.63, 3.8) is 0 Å². The maximum Gasteiger partial charge on any atom is 0.338 e. The van der Waals surface area contributed by atoms with Gasteiger partial charge in [0.1, 0.15) is 12.4 Å².